The van der Waals surface area contributed by atoms with Crippen LogP contribution in [0.15, 0.2) is 48.2 Å². The van der Waals surface area contributed by atoms with Crippen LogP contribution in [0.25, 0.3) is 11.4 Å². The number of hydrogen-bond acceptors (Lipinski definition) is 7. The highest BCUT2D eigenvalue weighted by Crippen LogP contribution is 2.42. The van der Waals surface area contributed by atoms with Crippen molar-refractivity contribution in [3.63, 3.8) is 0 Å². The third-order valence-corrected chi connectivity index (χ3v) is 6.82. The Morgan fingerprint density at radius 3 is 2.54 bits per heavy atom. The molecule has 4 rings (SSSR count). The number of pyridine rings is 1. The minimum atomic E-state index is -0.797. The van der Waals surface area contributed by atoms with E-state index in [4.69, 9.17) is 9.47 Å². The van der Waals surface area contributed by atoms with Crippen LogP contribution in [0.5, 0.6) is 11.5 Å². The number of aliphatic hydroxyl groups is 1. The fraction of sp³-hybridized carbons (Fsp3) is 0.393. The first-order valence-electron chi connectivity index (χ1n) is 12.6. The molecule has 1 aromatic carbocycles. The molecule has 1 amide bonds. The molecule has 1 N–H and O–H groups in total. The van der Waals surface area contributed by atoms with Crippen molar-refractivity contribution in [3.8, 4) is 11.5 Å². The number of rotatable bonds is 10. The van der Waals surface area contributed by atoms with Crippen molar-refractivity contribution in [2.75, 3.05) is 39.9 Å². The van der Waals surface area contributed by atoms with Crippen LogP contribution in [0.4, 0.5) is 0 Å². The van der Waals surface area contributed by atoms with Gasteiger partial charge in [0.1, 0.15) is 11.3 Å². The van der Waals surface area contributed by atoms with Gasteiger partial charge in [-0.1, -0.05) is 26.0 Å². The SMILES string of the molecule is CCOc1ccc(C2/C(=C(\O)c3c(C)nc4ccccn34)C(=O)C(=O)N2CCN(CC)CC)cc1OC. The maximum atomic E-state index is 13.5. The topological polar surface area (TPSA) is 96.6 Å². The van der Waals surface area contributed by atoms with Crippen LogP contribution in [0.3, 0.4) is 0 Å². The highest BCUT2D eigenvalue weighted by molar-refractivity contribution is 6.46. The largest absolute Gasteiger partial charge is 0.505 e. The molecular weight excluding hydrogens is 472 g/mol. The number of aliphatic hydroxyl groups excluding tert-OH is 1. The number of likely N-dealkylation sites (tertiary alicyclic amines) is 1. The molecule has 0 aliphatic carbocycles. The van der Waals surface area contributed by atoms with E-state index in [0.29, 0.717) is 53.8 Å². The monoisotopic (exact) mass is 506 g/mol. The van der Waals surface area contributed by atoms with Gasteiger partial charge in [0.25, 0.3) is 11.7 Å². The van der Waals surface area contributed by atoms with Crippen molar-refractivity contribution in [2.24, 2.45) is 0 Å². The fourth-order valence-corrected chi connectivity index (χ4v) is 4.90. The lowest BCUT2D eigenvalue weighted by Gasteiger charge is -2.28. The van der Waals surface area contributed by atoms with Gasteiger partial charge in [-0.25, -0.2) is 4.98 Å². The molecule has 1 atom stereocenters. The lowest BCUT2D eigenvalue weighted by atomic mass is 9.96. The third-order valence-electron chi connectivity index (χ3n) is 6.82. The van der Waals surface area contributed by atoms with Gasteiger partial charge in [0.05, 0.1) is 31.0 Å². The first kappa shape index (κ1) is 26.2. The molecule has 1 fully saturated rings. The molecule has 1 saturated heterocycles. The molecule has 1 aliphatic heterocycles. The van der Waals surface area contributed by atoms with Gasteiger partial charge in [-0.2, -0.15) is 0 Å². The van der Waals surface area contributed by atoms with Crippen LogP contribution in [0.1, 0.15) is 43.8 Å². The van der Waals surface area contributed by atoms with E-state index in [0.717, 1.165) is 13.1 Å². The molecule has 1 aliphatic rings. The highest BCUT2D eigenvalue weighted by Gasteiger charge is 2.46. The van der Waals surface area contributed by atoms with Gasteiger partial charge in [-0.3, -0.25) is 14.0 Å². The Kier molecular flexibility index (Phi) is 7.83. The molecule has 2 aromatic heterocycles. The minimum Gasteiger partial charge on any atom is -0.505 e. The number of fused-ring (bicyclic) bond motifs is 1. The van der Waals surface area contributed by atoms with Gasteiger partial charge in [-0.05, 0) is 56.8 Å². The Balaban J connectivity index is 1.90. The number of ketones is 1. The number of methoxy groups -OCH3 is 1. The average molecular weight is 507 g/mol. The number of carbonyl (C=O) groups is 2. The number of carbonyl (C=O) groups excluding carboxylic acids is 2. The van der Waals surface area contributed by atoms with E-state index in [-0.39, 0.29) is 11.3 Å². The lowest BCUT2D eigenvalue weighted by Crippen LogP contribution is -2.38. The van der Waals surface area contributed by atoms with Crippen molar-refractivity contribution < 1.29 is 24.2 Å². The van der Waals surface area contributed by atoms with Crippen LogP contribution >= 0.6 is 0 Å². The number of benzene rings is 1. The molecule has 0 saturated carbocycles. The molecular formula is C28H34N4O5. The number of ether oxygens (including phenoxy) is 2. The number of imidazole rings is 1. The fourth-order valence-electron chi connectivity index (χ4n) is 4.90. The number of aromatic nitrogens is 2. The molecule has 0 bridgehead atoms. The molecule has 196 valence electrons. The summed E-state index contributed by atoms with van der Waals surface area (Å²) in [6.07, 6.45) is 1.77. The summed E-state index contributed by atoms with van der Waals surface area (Å²) in [6.45, 7) is 10.8. The summed E-state index contributed by atoms with van der Waals surface area (Å²) in [7, 11) is 1.54. The number of hydrogen-bond donors (Lipinski definition) is 1. The van der Waals surface area contributed by atoms with Gasteiger partial charge in [-0.15, -0.1) is 0 Å². The van der Waals surface area contributed by atoms with Crippen LogP contribution in [-0.2, 0) is 9.59 Å². The molecule has 0 radical (unpaired) electrons. The van der Waals surface area contributed by atoms with E-state index in [2.05, 4.69) is 23.7 Å². The van der Waals surface area contributed by atoms with Crippen LogP contribution < -0.4 is 9.47 Å². The Hall–Kier alpha value is -3.85. The Labute approximate surface area is 216 Å². The first-order valence-corrected chi connectivity index (χ1v) is 12.6. The number of amides is 1. The summed E-state index contributed by atoms with van der Waals surface area (Å²) in [5, 5.41) is 11.6. The zero-order chi connectivity index (χ0) is 26.7. The van der Waals surface area contributed by atoms with E-state index in [1.165, 1.54) is 0 Å². The second kappa shape index (κ2) is 11.0. The van der Waals surface area contributed by atoms with Gasteiger partial charge in [0.2, 0.25) is 0 Å². The maximum Gasteiger partial charge on any atom is 0.295 e. The van der Waals surface area contributed by atoms with Gasteiger partial charge < -0.3 is 24.4 Å². The minimum absolute atomic E-state index is 0.0320. The summed E-state index contributed by atoms with van der Waals surface area (Å²) in [6, 6.07) is 10.0. The third kappa shape index (κ3) is 4.79. The second-order valence-corrected chi connectivity index (χ2v) is 8.84. The zero-order valence-corrected chi connectivity index (χ0v) is 22.0. The maximum absolute atomic E-state index is 13.5. The van der Waals surface area contributed by atoms with Crippen molar-refractivity contribution in [3.05, 3.63) is 65.1 Å². The van der Waals surface area contributed by atoms with E-state index in [1.54, 1.807) is 41.7 Å². The second-order valence-electron chi connectivity index (χ2n) is 8.84. The summed E-state index contributed by atoms with van der Waals surface area (Å²) in [5.74, 6) is -0.568. The standard InChI is InChI=1S/C28H34N4O5/c1-6-30(7-2)15-16-32-25(19-12-13-20(37-8-3)21(17-19)36-5)23(27(34)28(32)35)26(33)24-18(4)29-22-11-9-10-14-31(22)24/h9-14,17,25,33H,6-8,15-16H2,1-5H3/b26-23+. The molecule has 0 spiro atoms. The average Bonchev–Trinajstić information content (AvgIpc) is 3.37. The number of likely N-dealkylation sites (N-methyl/N-ethyl adjacent to an activating group) is 1. The van der Waals surface area contributed by atoms with E-state index >= 15 is 0 Å². The number of Topliss-reactive ketones (excluding diaryl/α,β-unsaturated/α-hetero) is 1. The summed E-state index contributed by atoms with van der Waals surface area (Å²) in [5.41, 5.74) is 2.26. The van der Waals surface area contributed by atoms with Crippen LogP contribution in [0.2, 0.25) is 0 Å². The predicted octanol–water partition coefficient (Wildman–Crippen LogP) is 3.81. The zero-order valence-electron chi connectivity index (χ0n) is 22.0. The lowest BCUT2D eigenvalue weighted by molar-refractivity contribution is -0.140. The molecule has 9 heteroatoms. The quantitative estimate of drug-likeness (QED) is 0.254. The number of aryl methyl sites for hydroxylation is 1. The smallest absolute Gasteiger partial charge is 0.295 e. The molecule has 37 heavy (non-hydrogen) atoms. The summed E-state index contributed by atoms with van der Waals surface area (Å²) < 4.78 is 12.9. The van der Waals surface area contributed by atoms with Crippen molar-refractivity contribution in [1.82, 2.24) is 19.2 Å². The van der Waals surface area contributed by atoms with Crippen LogP contribution in [0, 0.1) is 6.92 Å². The van der Waals surface area contributed by atoms with Crippen molar-refractivity contribution in [1.29, 1.82) is 0 Å². The van der Waals surface area contributed by atoms with Crippen LogP contribution in [-0.4, -0.2) is 75.9 Å². The van der Waals surface area contributed by atoms with Crippen molar-refractivity contribution in [2.45, 2.75) is 33.7 Å². The molecule has 1 unspecified atom stereocenters. The molecule has 3 heterocycles. The summed E-state index contributed by atoms with van der Waals surface area (Å²) >= 11 is 0. The molecule has 3 aromatic rings. The summed E-state index contributed by atoms with van der Waals surface area (Å²) in [4.78, 5) is 35.1. The predicted molar refractivity (Wildman–Crippen MR) is 141 cm³/mol. The molecule has 9 nitrogen and oxygen atoms in total. The van der Waals surface area contributed by atoms with Gasteiger partial charge in [0.15, 0.2) is 17.3 Å². The van der Waals surface area contributed by atoms with E-state index in [1.807, 2.05) is 31.2 Å². The first-order chi connectivity index (χ1) is 17.9. The van der Waals surface area contributed by atoms with E-state index in [9.17, 15) is 14.7 Å². The Bertz CT molecular complexity index is 1340. The van der Waals surface area contributed by atoms with Crippen molar-refractivity contribution >= 4 is 23.1 Å². The normalized spacial score (nSPS) is 17.2. The Morgan fingerprint density at radius 1 is 1.11 bits per heavy atom. The van der Waals surface area contributed by atoms with Gasteiger partial charge >= 0.3 is 0 Å². The number of nitrogens with zero attached hydrogens (tertiary/aromatic N) is 4. The van der Waals surface area contributed by atoms with E-state index < -0.39 is 17.7 Å². The highest BCUT2D eigenvalue weighted by atomic mass is 16.5. The Morgan fingerprint density at radius 2 is 1.86 bits per heavy atom. The van der Waals surface area contributed by atoms with Gasteiger partial charge in [0, 0.05) is 19.3 Å².